The lowest BCUT2D eigenvalue weighted by Gasteiger charge is -2.07. The van der Waals surface area contributed by atoms with E-state index in [4.69, 9.17) is 21.1 Å². The molecule has 0 bridgehead atoms. The van der Waals surface area contributed by atoms with Gasteiger partial charge >= 0.3 is 0 Å². The van der Waals surface area contributed by atoms with E-state index in [2.05, 4.69) is 19.5 Å². The Kier molecular flexibility index (Phi) is 13.2. The van der Waals surface area contributed by atoms with Crippen molar-refractivity contribution >= 4 is 42.0 Å². The fourth-order valence-corrected chi connectivity index (χ4v) is 3.75. The number of nitrogens with zero attached hydrogens (tertiary/aromatic N) is 4. The molecule has 3 aromatic heterocycles. The molecular formula is C20H30Cl2N5O4S+. The SMILES string of the molecule is Cc1ncc(CO)c(CO)c1O.Cc1ncc(C[n+]2csc(CCO)c2C)c(N)n1.Cl.Cl. The zero-order valence-corrected chi connectivity index (χ0v) is 20.6. The zero-order valence-electron chi connectivity index (χ0n) is 18.1. The molecule has 0 atom stereocenters. The Morgan fingerprint density at radius 3 is 2.22 bits per heavy atom. The topological polar surface area (TPSA) is 149 Å². The van der Waals surface area contributed by atoms with Crippen LogP contribution in [0.2, 0.25) is 0 Å². The molecule has 9 nitrogen and oxygen atoms in total. The Bertz CT molecular complexity index is 1000. The number of pyridine rings is 1. The van der Waals surface area contributed by atoms with Crippen molar-refractivity contribution in [2.24, 2.45) is 0 Å². The Labute approximate surface area is 203 Å². The van der Waals surface area contributed by atoms with Crippen LogP contribution < -0.4 is 10.3 Å². The normalized spacial score (nSPS) is 9.94. The van der Waals surface area contributed by atoms with Gasteiger partial charge in [0.2, 0.25) is 5.51 Å². The van der Waals surface area contributed by atoms with E-state index in [1.165, 1.54) is 11.1 Å². The van der Waals surface area contributed by atoms with Gasteiger partial charge in [0, 0.05) is 43.5 Å². The Hall–Kier alpha value is -2.08. The number of aliphatic hydroxyl groups excluding tert-OH is 3. The quantitative estimate of drug-likeness (QED) is 0.316. The maximum atomic E-state index is 9.38. The van der Waals surface area contributed by atoms with Gasteiger partial charge in [-0.3, -0.25) is 4.98 Å². The van der Waals surface area contributed by atoms with Crippen molar-refractivity contribution in [1.29, 1.82) is 0 Å². The van der Waals surface area contributed by atoms with Crippen molar-refractivity contribution in [3.8, 4) is 5.75 Å². The average molecular weight is 507 g/mol. The summed E-state index contributed by atoms with van der Waals surface area (Å²) in [5, 5.41) is 36.0. The number of aromatic nitrogens is 4. The highest BCUT2D eigenvalue weighted by atomic mass is 35.5. The van der Waals surface area contributed by atoms with E-state index in [0.717, 1.165) is 11.3 Å². The molecule has 0 saturated heterocycles. The molecule has 0 spiro atoms. The predicted octanol–water partition coefficient (Wildman–Crippen LogP) is 1.53. The van der Waals surface area contributed by atoms with Crippen molar-refractivity contribution in [3.05, 3.63) is 56.7 Å². The first-order chi connectivity index (χ1) is 14.3. The van der Waals surface area contributed by atoms with Gasteiger partial charge in [-0.05, 0) is 13.8 Å². The third-order valence-corrected chi connectivity index (χ3v) is 5.76. The molecule has 0 aliphatic rings. The fourth-order valence-electron chi connectivity index (χ4n) is 2.76. The van der Waals surface area contributed by atoms with Crippen LogP contribution >= 0.6 is 36.2 Å². The minimum absolute atomic E-state index is 0. The van der Waals surface area contributed by atoms with E-state index < -0.39 is 0 Å². The van der Waals surface area contributed by atoms with E-state index in [9.17, 15) is 5.11 Å². The molecule has 0 unspecified atom stereocenters. The lowest BCUT2D eigenvalue weighted by atomic mass is 10.1. The number of aryl methyl sites for hydroxylation is 2. The molecule has 0 aliphatic heterocycles. The Morgan fingerprint density at radius 2 is 1.66 bits per heavy atom. The second-order valence-electron chi connectivity index (χ2n) is 6.67. The van der Waals surface area contributed by atoms with Crippen LogP contribution in [0, 0.1) is 20.8 Å². The summed E-state index contributed by atoms with van der Waals surface area (Å²) < 4.78 is 2.11. The summed E-state index contributed by atoms with van der Waals surface area (Å²) in [5.74, 6) is 1.18. The molecule has 0 amide bonds. The van der Waals surface area contributed by atoms with E-state index in [0.29, 0.717) is 41.4 Å². The summed E-state index contributed by atoms with van der Waals surface area (Å²) in [6, 6.07) is 0. The smallest absolute Gasteiger partial charge is 0.225 e. The van der Waals surface area contributed by atoms with E-state index >= 15 is 0 Å². The molecule has 3 rings (SSSR count). The molecule has 12 heteroatoms. The van der Waals surface area contributed by atoms with Crippen LogP contribution in [0.3, 0.4) is 0 Å². The fraction of sp³-hybridized carbons (Fsp3) is 0.400. The molecule has 0 saturated carbocycles. The number of thiazole rings is 1. The average Bonchev–Trinajstić information content (AvgIpc) is 3.06. The molecular weight excluding hydrogens is 477 g/mol. The summed E-state index contributed by atoms with van der Waals surface area (Å²) in [6.07, 6.45) is 3.91. The van der Waals surface area contributed by atoms with Crippen LogP contribution in [-0.2, 0) is 26.2 Å². The van der Waals surface area contributed by atoms with E-state index in [-0.39, 0.29) is 50.4 Å². The summed E-state index contributed by atoms with van der Waals surface area (Å²) in [5.41, 5.74) is 11.3. The summed E-state index contributed by atoms with van der Waals surface area (Å²) >= 11 is 1.65. The van der Waals surface area contributed by atoms with Crippen molar-refractivity contribution in [2.75, 3.05) is 12.3 Å². The Balaban J connectivity index is 0.000000607. The van der Waals surface area contributed by atoms with Gasteiger partial charge in [-0.2, -0.15) is 4.57 Å². The molecule has 0 radical (unpaired) electrons. The molecule has 6 N–H and O–H groups in total. The number of nitrogen functional groups attached to an aromatic ring is 1. The monoisotopic (exact) mass is 506 g/mol. The second-order valence-corrected chi connectivity index (χ2v) is 7.61. The van der Waals surface area contributed by atoms with Gasteiger partial charge in [0.15, 0.2) is 12.2 Å². The van der Waals surface area contributed by atoms with Crippen LogP contribution in [0.15, 0.2) is 17.9 Å². The largest absolute Gasteiger partial charge is 0.506 e. The molecule has 32 heavy (non-hydrogen) atoms. The Morgan fingerprint density at radius 1 is 1.00 bits per heavy atom. The highest BCUT2D eigenvalue weighted by Crippen LogP contribution is 2.23. The van der Waals surface area contributed by atoms with E-state index in [1.54, 1.807) is 24.5 Å². The molecule has 178 valence electrons. The third-order valence-electron chi connectivity index (χ3n) is 4.61. The number of anilines is 1. The highest BCUT2D eigenvalue weighted by molar-refractivity contribution is 7.09. The van der Waals surface area contributed by atoms with Crippen molar-refractivity contribution in [3.63, 3.8) is 0 Å². The third kappa shape index (κ3) is 7.51. The lowest BCUT2D eigenvalue weighted by molar-refractivity contribution is -0.689. The summed E-state index contributed by atoms with van der Waals surface area (Å²) in [6.45, 7) is 5.84. The highest BCUT2D eigenvalue weighted by Gasteiger charge is 2.17. The zero-order chi connectivity index (χ0) is 22.3. The molecule has 0 aliphatic carbocycles. The molecule has 0 fully saturated rings. The maximum Gasteiger partial charge on any atom is 0.225 e. The number of hydrogen-bond donors (Lipinski definition) is 5. The van der Waals surface area contributed by atoms with Crippen molar-refractivity contribution < 1.29 is 25.0 Å². The number of aromatic hydroxyl groups is 1. The van der Waals surface area contributed by atoms with Gasteiger partial charge in [0.1, 0.15) is 17.4 Å². The van der Waals surface area contributed by atoms with Gasteiger partial charge in [-0.25, -0.2) is 9.97 Å². The van der Waals surface area contributed by atoms with Gasteiger partial charge in [0.25, 0.3) is 0 Å². The van der Waals surface area contributed by atoms with E-state index in [1.807, 2.05) is 19.4 Å². The van der Waals surface area contributed by atoms with Crippen LogP contribution in [0.1, 0.15) is 38.8 Å². The van der Waals surface area contributed by atoms with Crippen LogP contribution in [-0.4, -0.2) is 42.0 Å². The number of nitrogens with two attached hydrogens (primary N) is 1. The minimum atomic E-state index is -0.287. The van der Waals surface area contributed by atoms with Crippen molar-refractivity contribution in [2.45, 2.75) is 47.0 Å². The predicted molar refractivity (Wildman–Crippen MR) is 127 cm³/mol. The first-order valence-corrected chi connectivity index (χ1v) is 10.2. The van der Waals surface area contributed by atoms with Gasteiger partial charge < -0.3 is 26.2 Å². The van der Waals surface area contributed by atoms with Crippen LogP contribution in [0.5, 0.6) is 5.75 Å². The maximum absolute atomic E-state index is 9.38. The molecule has 3 aromatic rings. The number of hydrogen-bond acceptors (Lipinski definition) is 9. The first kappa shape index (κ1) is 29.9. The van der Waals surface area contributed by atoms with Crippen LogP contribution in [0.25, 0.3) is 0 Å². The van der Waals surface area contributed by atoms with Gasteiger partial charge in [-0.15, -0.1) is 24.8 Å². The number of halogens is 2. The van der Waals surface area contributed by atoms with Gasteiger partial charge in [0.05, 0.1) is 29.3 Å². The number of aliphatic hydroxyl groups is 3. The second kappa shape index (κ2) is 14.1. The standard InChI is InChI=1S/C12H17N4OS.C8H11NO3.2ClH/c1-8-11(3-4-17)18-7-16(8)6-10-5-14-9(2)15-12(10)13;1-5-8(12)7(4-11)6(3-10)2-9-5;;/h5,7,17H,3-4,6H2,1-2H3,(H2,13,14,15);2,10-12H,3-4H2,1H3;2*1H/q+1;;;. The van der Waals surface area contributed by atoms with Crippen molar-refractivity contribution in [1.82, 2.24) is 15.0 Å². The van der Waals surface area contributed by atoms with Crippen LogP contribution in [0.4, 0.5) is 5.82 Å². The molecule has 0 aromatic carbocycles. The number of rotatable bonds is 6. The molecule has 3 heterocycles. The minimum Gasteiger partial charge on any atom is -0.506 e. The summed E-state index contributed by atoms with van der Waals surface area (Å²) in [7, 11) is 0. The summed E-state index contributed by atoms with van der Waals surface area (Å²) in [4.78, 5) is 13.4. The lowest BCUT2D eigenvalue weighted by Crippen LogP contribution is -2.35. The first-order valence-electron chi connectivity index (χ1n) is 9.35. The van der Waals surface area contributed by atoms with Gasteiger partial charge in [-0.1, -0.05) is 11.3 Å².